The molecule has 1 heterocycles. The van der Waals surface area contributed by atoms with Gasteiger partial charge in [-0.2, -0.15) is 0 Å². The van der Waals surface area contributed by atoms with Crippen LogP contribution in [0, 0.1) is 13.8 Å². The van der Waals surface area contributed by atoms with E-state index < -0.39 is 5.97 Å². The first-order valence-corrected chi connectivity index (χ1v) is 4.86. The molecule has 0 unspecified atom stereocenters. The third-order valence-electron chi connectivity index (χ3n) is 1.87. The molecule has 0 saturated heterocycles. The lowest BCUT2D eigenvalue weighted by molar-refractivity contribution is -0.137. The van der Waals surface area contributed by atoms with Gasteiger partial charge in [0.15, 0.2) is 0 Å². The van der Waals surface area contributed by atoms with Crippen molar-refractivity contribution in [1.29, 1.82) is 0 Å². The van der Waals surface area contributed by atoms with Crippen molar-refractivity contribution >= 4 is 17.3 Å². The zero-order chi connectivity index (χ0) is 10.0. The maximum absolute atomic E-state index is 10.4. The highest BCUT2D eigenvalue weighted by atomic mass is 32.1. The van der Waals surface area contributed by atoms with E-state index in [1.165, 1.54) is 4.88 Å². The standard InChI is InChI=1S/C9H13NO2S/c1-5-3-7(6(2)13-5)8(10)4-9(11)12/h3,8H,4,10H2,1-2H3,(H,11,12)/t8-/m0/s1. The van der Waals surface area contributed by atoms with Gasteiger partial charge in [0.2, 0.25) is 0 Å². The molecular weight excluding hydrogens is 186 g/mol. The van der Waals surface area contributed by atoms with E-state index in [0.29, 0.717) is 0 Å². The van der Waals surface area contributed by atoms with E-state index in [2.05, 4.69) is 0 Å². The van der Waals surface area contributed by atoms with Crippen LogP contribution in [0.4, 0.5) is 0 Å². The first-order valence-electron chi connectivity index (χ1n) is 4.05. The van der Waals surface area contributed by atoms with Gasteiger partial charge >= 0.3 is 5.97 Å². The number of rotatable bonds is 3. The predicted molar refractivity (Wildman–Crippen MR) is 53.0 cm³/mol. The smallest absolute Gasteiger partial charge is 0.305 e. The zero-order valence-electron chi connectivity index (χ0n) is 7.70. The number of thiophene rings is 1. The number of nitrogens with two attached hydrogens (primary N) is 1. The van der Waals surface area contributed by atoms with Crippen LogP contribution in [-0.4, -0.2) is 11.1 Å². The van der Waals surface area contributed by atoms with Crippen molar-refractivity contribution in [3.05, 3.63) is 21.4 Å². The maximum Gasteiger partial charge on any atom is 0.305 e. The minimum Gasteiger partial charge on any atom is -0.481 e. The van der Waals surface area contributed by atoms with Crippen molar-refractivity contribution in [3.8, 4) is 0 Å². The van der Waals surface area contributed by atoms with E-state index in [0.717, 1.165) is 10.4 Å². The molecule has 1 aromatic heterocycles. The minimum atomic E-state index is -0.851. The number of carbonyl (C=O) groups is 1. The summed E-state index contributed by atoms with van der Waals surface area (Å²) in [5.41, 5.74) is 6.70. The van der Waals surface area contributed by atoms with Crippen molar-refractivity contribution in [2.45, 2.75) is 26.3 Å². The fraction of sp³-hybridized carbons (Fsp3) is 0.444. The number of aliphatic carboxylic acids is 1. The molecule has 0 aliphatic rings. The second kappa shape index (κ2) is 3.89. The number of carboxylic acid groups (broad SMARTS) is 1. The highest BCUT2D eigenvalue weighted by Crippen LogP contribution is 2.26. The Morgan fingerprint density at radius 3 is 2.69 bits per heavy atom. The molecule has 3 N–H and O–H groups in total. The van der Waals surface area contributed by atoms with Gasteiger partial charge in [0.1, 0.15) is 0 Å². The lowest BCUT2D eigenvalue weighted by Crippen LogP contribution is -2.14. The average Bonchev–Trinajstić information content (AvgIpc) is 2.28. The fourth-order valence-electron chi connectivity index (χ4n) is 1.32. The van der Waals surface area contributed by atoms with Gasteiger partial charge in [-0.15, -0.1) is 11.3 Å². The van der Waals surface area contributed by atoms with Crippen molar-refractivity contribution in [2.75, 3.05) is 0 Å². The van der Waals surface area contributed by atoms with Gasteiger partial charge in [-0.3, -0.25) is 4.79 Å². The Morgan fingerprint density at radius 2 is 2.31 bits per heavy atom. The van der Waals surface area contributed by atoms with Crippen LogP contribution in [0.1, 0.15) is 27.8 Å². The summed E-state index contributed by atoms with van der Waals surface area (Å²) in [6.07, 6.45) is -0.00296. The summed E-state index contributed by atoms with van der Waals surface area (Å²) in [6, 6.07) is 1.59. The van der Waals surface area contributed by atoms with Crippen molar-refractivity contribution in [2.24, 2.45) is 5.73 Å². The summed E-state index contributed by atoms with van der Waals surface area (Å²) in [7, 11) is 0. The van der Waals surface area contributed by atoms with Crippen molar-refractivity contribution in [1.82, 2.24) is 0 Å². The van der Waals surface area contributed by atoms with E-state index in [4.69, 9.17) is 10.8 Å². The van der Waals surface area contributed by atoms with Gasteiger partial charge in [0, 0.05) is 15.8 Å². The summed E-state index contributed by atoms with van der Waals surface area (Å²) in [4.78, 5) is 12.7. The third kappa shape index (κ3) is 2.54. The van der Waals surface area contributed by atoms with Crippen LogP contribution in [0.2, 0.25) is 0 Å². The Morgan fingerprint density at radius 1 is 1.69 bits per heavy atom. The van der Waals surface area contributed by atoms with Gasteiger partial charge in [-0.05, 0) is 25.5 Å². The summed E-state index contributed by atoms with van der Waals surface area (Å²) in [5.74, 6) is -0.851. The molecule has 1 rings (SSSR count). The van der Waals surface area contributed by atoms with Crippen LogP contribution in [0.25, 0.3) is 0 Å². The molecule has 0 spiro atoms. The lowest BCUT2D eigenvalue weighted by atomic mass is 10.1. The Balaban J connectivity index is 2.81. The summed E-state index contributed by atoms with van der Waals surface area (Å²) in [5, 5.41) is 8.57. The summed E-state index contributed by atoms with van der Waals surface area (Å²) in [6.45, 7) is 3.96. The average molecular weight is 199 g/mol. The first kappa shape index (κ1) is 10.2. The van der Waals surface area contributed by atoms with Crippen LogP contribution in [-0.2, 0) is 4.79 Å². The molecule has 0 saturated carbocycles. The van der Waals surface area contributed by atoms with Gasteiger partial charge in [0.25, 0.3) is 0 Å². The molecule has 1 atom stereocenters. The molecule has 72 valence electrons. The predicted octanol–water partition coefficient (Wildman–Crippen LogP) is 1.84. The van der Waals surface area contributed by atoms with Crippen LogP contribution in [0.5, 0.6) is 0 Å². The Kier molecular flexibility index (Phi) is 3.06. The van der Waals surface area contributed by atoms with Crippen LogP contribution >= 0.6 is 11.3 Å². The fourth-order valence-corrected chi connectivity index (χ4v) is 2.31. The molecule has 0 fully saturated rings. The molecule has 1 aromatic rings. The largest absolute Gasteiger partial charge is 0.481 e. The Labute approximate surface area is 81.2 Å². The molecule has 3 nitrogen and oxygen atoms in total. The van der Waals surface area contributed by atoms with E-state index in [1.54, 1.807) is 11.3 Å². The van der Waals surface area contributed by atoms with Crippen LogP contribution < -0.4 is 5.73 Å². The maximum atomic E-state index is 10.4. The lowest BCUT2D eigenvalue weighted by Gasteiger charge is -2.07. The molecule has 0 aliphatic carbocycles. The van der Waals surface area contributed by atoms with Gasteiger partial charge in [-0.25, -0.2) is 0 Å². The second-order valence-corrected chi connectivity index (χ2v) is 4.53. The van der Waals surface area contributed by atoms with Gasteiger partial charge < -0.3 is 10.8 Å². The molecule has 0 aliphatic heterocycles. The molecule has 0 aromatic carbocycles. The molecule has 4 heteroatoms. The topological polar surface area (TPSA) is 63.3 Å². The molecule has 13 heavy (non-hydrogen) atoms. The molecule has 0 amide bonds. The van der Waals surface area contributed by atoms with E-state index in [1.807, 2.05) is 19.9 Å². The molecular formula is C9H13NO2S. The summed E-state index contributed by atoms with van der Waals surface area (Å²) >= 11 is 1.65. The summed E-state index contributed by atoms with van der Waals surface area (Å²) < 4.78 is 0. The van der Waals surface area contributed by atoms with Crippen molar-refractivity contribution in [3.63, 3.8) is 0 Å². The highest BCUT2D eigenvalue weighted by molar-refractivity contribution is 7.12. The normalized spacial score (nSPS) is 12.8. The van der Waals surface area contributed by atoms with E-state index in [-0.39, 0.29) is 12.5 Å². The van der Waals surface area contributed by atoms with Crippen LogP contribution in [0.3, 0.4) is 0 Å². The Hall–Kier alpha value is -0.870. The van der Waals surface area contributed by atoms with Crippen molar-refractivity contribution < 1.29 is 9.90 Å². The van der Waals surface area contributed by atoms with Gasteiger partial charge in [-0.1, -0.05) is 0 Å². The Bertz CT molecular complexity index is 319. The molecule has 0 radical (unpaired) electrons. The van der Waals surface area contributed by atoms with E-state index in [9.17, 15) is 4.79 Å². The van der Waals surface area contributed by atoms with Crippen LogP contribution in [0.15, 0.2) is 6.07 Å². The highest BCUT2D eigenvalue weighted by Gasteiger charge is 2.14. The number of carboxylic acids is 1. The molecule has 0 bridgehead atoms. The number of aryl methyl sites for hydroxylation is 2. The second-order valence-electron chi connectivity index (χ2n) is 3.07. The van der Waals surface area contributed by atoms with E-state index >= 15 is 0 Å². The van der Waals surface area contributed by atoms with Gasteiger partial charge in [0.05, 0.1) is 6.42 Å². The zero-order valence-corrected chi connectivity index (χ0v) is 8.52. The number of hydrogen-bond acceptors (Lipinski definition) is 3. The monoisotopic (exact) mass is 199 g/mol. The quantitative estimate of drug-likeness (QED) is 0.780. The first-order chi connectivity index (χ1) is 6.00. The minimum absolute atomic E-state index is 0.00296. The third-order valence-corrected chi connectivity index (χ3v) is 2.86. The SMILES string of the molecule is Cc1cc([C@@H](N)CC(=O)O)c(C)s1. The number of hydrogen-bond donors (Lipinski definition) is 2.